The van der Waals surface area contributed by atoms with Gasteiger partial charge in [-0.3, -0.25) is 0 Å². The van der Waals surface area contributed by atoms with Gasteiger partial charge in [-0.2, -0.15) is 0 Å². The molecule has 0 rings (SSSR count). The molecule has 0 unspecified atom stereocenters. The zero-order valence-electron chi connectivity index (χ0n) is 27.6. The van der Waals surface area contributed by atoms with Crippen LogP contribution in [0.2, 0.25) is 0 Å². The van der Waals surface area contributed by atoms with Gasteiger partial charge in [0.2, 0.25) is 0 Å². The predicted octanol–water partition coefficient (Wildman–Crippen LogP) is 7.67. The van der Waals surface area contributed by atoms with E-state index >= 15 is 0 Å². The third kappa shape index (κ3) is 27.4. The first kappa shape index (κ1) is 42.3. The average molecular weight is 547 g/mol. The molecule has 0 aromatic carbocycles. The molecular weight excluding hydrogens is 474 g/mol. The van der Waals surface area contributed by atoms with Gasteiger partial charge < -0.3 is 23.3 Å². The number of quaternary nitrogens is 2. The van der Waals surface area contributed by atoms with Crippen molar-refractivity contribution in [1.29, 1.82) is 0 Å². The molecule has 0 N–H and O–H groups in total. The van der Waals surface area contributed by atoms with Gasteiger partial charge in [-0.25, -0.2) is 0 Å². The summed E-state index contributed by atoms with van der Waals surface area (Å²) in [7, 11) is -3.17. The van der Waals surface area contributed by atoms with Crippen LogP contribution < -0.4 is 10.0 Å². The summed E-state index contributed by atoms with van der Waals surface area (Å²) in [6.45, 7) is 30.0. The van der Waals surface area contributed by atoms with Crippen LogP contribution in [0.25, 0.3) is 0 Å². The van der Waals surface area contributed by atoms with Crippen molar-refractivity contribution in [3.63, 3.8) is 0 Å². The summed E-state index contributed by atoms with van der Waals surface area (Å²) >= 11 is 0. The van der Waals surface area contributed by atoms with Crippen molar-refractivity contribution in [1.82, 2.24) is 0 Å². The normalized spacial score (nSPS) is 11.4. The van der Waals surface area contributed by atoms with Crippen molar-refractivity contribution in [3.8, 4) is 0 Å². The highest BCUT2D eigenvalue weighted by Gasteiger charge is 2.25. The van der Waals surface area contributed by atoms with E-state index in [2.05, 4.69) is 55.4 Å². The fraction of sp³-hybridized carbons (Fsp3) is 1.00. The minimum atomic E-state index is -3.17. The molecule has 0 spiro atoms. The lowest BCUT2D eigenvalue weighted by atomic mass is 10.1. The van der Waals surface area contributed by atoms with Crippen molar-refractivity contribution in [3.05, 3.63) is 0 Å². The molecule has 0 heterocycles. The standard InChI is InChI=1S/2C16H36N.BFO2/c2*1-5-9-13-17(14-10-6-2,15-11-7-3)16-12-8-4;2-1(3)4/h2*5-16H2,1-4H3;/q2*+1;-2. The maximum absolute atomic E-state index is 9.89. The topological polar surface area (TPSA) is 46.1 Å². The van der Waals surface area contributed by atoms with E-state index in [1.54, 1.807) is 0 Å². The van der Waals surface area contributed by atoms with Gasteiger partial charge in [-0.15, -0.1) is 0 Å². The third-order valence-corrected chi connectivity index (χ3v) is 7.89. The Kier molecular flexibility index (Phi) is 34.9. The van der Waals surface area contributed by atoms with E-state index in [1.807, 2.05) is 0 Å². The van der Waals surface area contributed by atoms with Crippen molar-refractivity contribution < 1.29 is 23.3 Å². The molecule has 0 aliphatic rings. The Labute approximate surface area is 241 Å². The number of halogens is 1. The highest BCUT2D eigenvalue weighted by Crippen LogP contribution is 2.17. The maximum atomic E-state index is 9.89. The first-order valence-corrected chi connectivity index (χ1v) is 16.9. The summed E-state index contributed by atoms with van der Waals surface area (Å²) in [5.41, 5.74) is 0. The van der Waals surface area contributed by atoms with Crippen molar-refractivity contribution >= 4 is 7.40 Å². The second-order valence-electron chi connectivity index (χ2n) is 11.6. The van der Waals surface area contributed by atoms with E-state index < -0.39 is 7.40 Å². The molecule has 232 valence electrons. The Bertz CT molecular complexity index is 328. The Hall–Kier alpha value is -0.165. The van der Waals surface area contributed by atoms with Crippen LogP contribution in [0.15, 0.2) is 0 Å². The minimum Gasteiger partial charge on any atom is -0.867 e. The van der Waals surface area contributed by atoms with E-state index in [-0.39, 0.29) is 0 Å². The minimum absolute atomic E-state index is 1.35. The molecule has 0 saturated carbocycles. The van der Waals surface area contributed by atoms with Gasteiger partial charge >= 0.3 is 0 Å². The molecule has 0 amide bonds. The van der Waals surface area contributed by atoms with Crippen molar-refractivity contribution in [2.24, 2.45) is 0 Å². The van der Waals surface area contributed by atoms with Crippen LogP contribution in [0.4, 0.5) is 4.32 Å². The fourth-order valence-electron chi connectivity index (χ4n) is 5.29. The quantitative estimate of drug-likeness (QED) is 0.0921. The zero-order chi connectivity index (χ0) is 29.5. The lowest BCUT2D eigenvalue weighted by Gasteiger charge is -2.39. The second-order valence-corrected chi connectivity index (χ2v) is 11.6. The SMILES string of the molecule is CCCC[N+](CCCC)(CCCC)CCCC.CCCC[N+](CCCC)(CCCC)CCCC.[O-]B([O-])F. The maximum Gasteiger partial charge on any atom is 0.121 e. The van der Waals surface area contributed by atoms with Crippen LogP contribution in [-0.2, 0) is 0 Å². The number of rotatable bonds is 24. The Morgan fingerprint density at radius 1 is 0.368 bits per heavy atom. The van der Waals surface area contributed by atoms with Gasteiger partial charge in [0.25, 0.3) is 0 Å². The highest BCUT2D eigenvalue weighted by atomic mass is 19.1. The molecule has 0 bridgehead atoms. The number of hydrogen-bond acceptors (Lipinski definition) is 2. The molecule has 0 radical (unpaired) electrons. The average Bonchev–Trinajstić information content (AvgIpc) is 2.91. The summed E-state index contributed by atoms with van der Waals surface area (Å²) in [4.78, 5) is 0. The van der Waals surface area contributed by atoms with Crippen LogP contribution in [0.3, 0.4) is 0 Å². The third-order valence-electron chi connectivity index (χ3n) is 7.89. The zero-order valence-corrected chi connectivity index (χ0v) is 27.6. The molecular formula is C32H72BFN2O2. The predicted molar refractivity (Wildman–Crippen MR) is 166 cm³/mol. The van der Waals surface area contributed by atoms with Crippen LogP contribution in [-0.4, -0.2) is 68.7 Å². The van der Waals surface area contributed by atoms with E-state index in [0.717, 1.165) is 0 Å². The summed E-state index contributed by atoms with van der Waals surface area (Å²) in [6, 6.07) is 0. The van der Waals surface area contributed by atoms with Gasteiger partial charge in [0.15, 0.2) is 0 Å². The summed E-state index contributed by atoms with van der Waals surface area (Å²) in [5, 5.41) is 16.6. The Balaban J connectivity index is -0.000000564. The molecule has 0 atom stereocenters. The highest BCUT2D eigenvalue weighted by molar-refractivity contribution is 6.27. The largest absolute Gasteiger partial charge is 0.867 e. The van der Waals surface area contributed by atoms with Gasteiger partial charge in [0, 0.05) is 0 Å². The van der Waals surface area contributed by atoms with E-state index in [9.17, 15) is 4.32 Å². The first-order chi connectivity index (χ1) is 18.2. The molecule has 38 heavy (non-hydrogen) atoms. The lowest BCUT2D eigenvalue weighted by molar-refractivity contribution is -0.929. The summed E-state index contributed by atoms with van der Waals surface area (Å²) in [6.07, 6.45) is 22.1. The molecule has 0 aromatic heterocycles. The lowest BCUT2D eigenvalue weighted by Crippen LogP contribution is -2.50. The molecule has 0 aliphatic carbocycles. The van der Waals surface area contributed by atoms with Gasteiger partial charge in [-0.05, 0) is 51.4 Å². The van der Waals surface area contributed by atoms with Crippen molar-refractivity contribution in [2.75, 3.05) is 52.4 Å². The van der Waals surface area contributed by atoms with Crippen LogP contribution in [0, 0.1) is 0 Å². The fourth-order valence-corrected chi connectivity index (χ4v) is 5.29. The molecule has 0 fully saturated rings. The van der Waals surface area contributed by atoms with E-state index in [0.29, 0.717) is 0 Å². The monoisotopic (exact) mass is 547 g/mol. The number of nitrogens with zero attached hydrogens (tertiary/aromatic N) is 2. The molecule has 0 saturated heterocycles. The second kappa shape index (κ2) is 31.4. The summed E-state index contributed by atoms with van der Waals surface area (Å²) in [5.74, 6) is 0. The Morgan fingerprint density at radius 3 is 0.553 bits per heavy atom. The number of hydrogen-bond donors (Lipinski definition) is 0. The Morgan fingerprint density at radius 2 is 0.474 bits per heavy atom. The van der Waals surface area contributed by atoms with Crippen LogP contribution >= 0.6 is 0 Å². The first-order valence-electron chi connectivity index (χ1n) is 16.9. The van der Waals surface area contributed by atoms with Gasteiger partial charge in [-0.1, -0.05) is 107 Å². The van der Waals surface area contributed by atoms with Crippen LogP contribution in [0.1, 0.15) is 158 Å². The smallest absolute Gasteiger partial charge is 0.121 e. The molecule has 6 heteroatoms. The van der Waals surface area contributed by atoms with Gasteiger partial charge in [0.1, 0.15) is 7.40 Å². The molecule has 4 nitrogen and oxygen atoms in total. The number of unbranched alkanes of at least 4 members (excludes halogenated alkanes) is 8. The van der Waals surface area contributed by atoms with Gasteiger partial charge in [0.05, 0.1) is 52.4 Å². The molecule has 0 aromatic rings. The van der Waals surface area contributed by atoms with E-state index in [4.69, 9.17) is 10.0 Å². The van der Waals surface area contributed by atoms with Crippen molar-refractivity contribution in [2.45, 2.75) is 158 Å². The van der Waals surface area contributed by atoms with E-state index in [1.165, 1.54) is 164 Å². The van der Waals surface area contributed by atoms with Crippen LogP contribution in [0.5, 0.6) is 0 Å². The summed E-state index contributed by atoms with van der Waals surface area (Å²) < 4.78 is 12.7. The molecule has 0 aliphatic heterocycles.